The molecule has 8 nitrogen and oxygen atoms in total. The molecule has 0 spiro atoms. The monoisotopic (exact) mass is 365 g/mol. The van der Waals surface area contributed by atoms with Crippen molar-refractivity contribution in [2.24, 2.45) is 0 Å². The summed E-state index contributed by atoms with van der Waals surface area (Å²) in [6.07, 6.45) is 0. The van der Waals surface area contributed by atoms with Gasteiger partial charge in [-0.2, -0.15) is 4.98 Å². The molecule has 0 aliphatic heterocycles. The van der Waals surface area contributed by atoms with Crippen molar-refractivity contribution in [3.05, 3.63) is 62.3 Å². The van der Waals surface area contributed by atoms with Crippen LogP contribution >= 0.6 is 22.9 Å². The van der Waals surface area contributed by atoms with Crippen molar-refractivity contribution < 1.29 is 19.0 Å². The van der Waals surface area contributed by atoms with Gasteiger partial charge in [-0.3, -0.25) is 10.1 Å². The molecule has 3 aromatic rings. The van der Waals surface area contributed by atoms with Crippen LogP contribution in [0.1, 0.15) is 16.2 Å². The standard InChI is InChI=1S/C14H8ClN3O5S/c15-8-3-4-10(18(20)21)9(6-8)14(19)22-7-12-16-13(17-23-12)11-2-1-5-24-11/h1-6H,7H2. The highest BCUT2D eigenvalue weighted by Crippen LogP contribution is 2.24. The molecule has 0 amide bonds. The summed E-state index contributed by atoms with van der Waals surface area (Å²) in [7, 11) is 0. The molecule has 0 N–H and O–H groups in total. The number of nitro benzene ring substituents is 1. The molecule has 0 atom stereocenters. The highest BCUT2D eigenvalue weighted by Gasteiger charge is 2.22. The first-order valence-electron chi connectivity index (χ1n) is 6.52. The summed E-state index contributed by atoms with van der Waals surface area (Å²) in [6, 6.07) is 7.30. The van der Waals surface area contributed by atoms with Gasteiger partial charge in [0.05, 0.1) is 9.80 Å². The number of halogens is 1. The van der Waals surface area contributed by atoms with Crippen molar-refractivity contribution in [2.45, 2.75) is 6.61 Å². The van der Waals surface area contributed by atoms with Crippen LogP contribution in [0, 0.1) is 10.1 Å². The maximum atomic E-state index is 12.1. The lowest BCUT2D eigenvalue weighted by Gasteiger charge is -2.03. The molecule has 122 valence electrons. The third kappa shape index (κ3) is 3.42. The van der Waals surface area contributed by atoms with Crippen molar-refractivity contribution in [1.82, 2.24) is 10.1 Å². The van der Waals surface area contributed by atoms with Crippen LogP contribution in [0.15, 0.2) is 40.2 Å². The Morgan fingerprint density at radius 3 is 2.96 bits per heavy atom. The molecule has 0 saturated heterocycles. The van der Waals surface area contributed by atoms with E-state index in [9.17, 15) is 14.9 Å². The molecule has 24 heavy (non-hydrogen) atoms. The van der Waals surface area contributed by atoms with Gasteiger partial charge in [-0.1, -0.05) is 22.8 Å². The number of esters is 1. The van der Waals surface area contributed by atoms with Gasteiger partial charge in [0.15, 0.2) is 6.61 Å². The highest BCUT2D eigenvalue weighted by molar-refractivity contribution is 7.13. The Kier molecular flexibility index (Phi) is 4.54. The van der Waals surface area contributed by atoms with E-state index in [4.69, 9.17) is 20.9 Å². The number of hydrogen-bond acceptors (Lipinski definition) is 8. The number of benzene rings is 1. The molecule has 0 bridgehead atoms. The van der Waals surface area contributed by atoms with Crippen LogP contribution in [0.2, 0.25) is 5.02 Å². The van der Waals surface area contributed by atoms with Crippen molar-refractivity contribution in [2.75, 3.05) is 0 Å². The van der Waals surface area contributed by atoms with E-state index in [1.807, 2.05) is 17.5 Å². The lowest BCUT2D eigenvalue weighted by Crippen LogP contribution is -2.08. The SMILES string of the molecule is O=C(OCc1nc(-c2cccs2)no1)c1cc(Cl)ccc1[N+](=O)[O-]. The molecule has 0 fully saturated rings. The Bertz CT molecular complexity index is 894. The number of rotatable bonds is 5. The zero-order valence-electron chi connectivity index (χ0n) is 11.8. The smallest absolute Gasteiger partial charge is 0.345 e. The Balaban J connectivity index is 1.72. The zero-order valence-corrected chi connectivity index (χ0v) is 13.4. The number of nitrogens with zero attached hydrogens (tertiary/aromatic N) is 3. The predicted octanol–water partition coefficient (Wildman–Crippen LogP) is 3.72. The quantitative estimate of drug-likeness (QED) is 0.385. The third-order valence-corrected chi connectivity index (χ3v) is 4.01. The Hall–Kier alpha value is -2.78. The van der Waals surface area contributed by atoms with Gasteiger partial charge in [0.2, 0.25) is 5.82 Å². The highest BCUT2D eigenvalue weighted by atomic mass is 35.5. The van der Waals surface area contributed by atoms with Crippen molar-refractivity contribution in [3.8, 4) is 10.7 Å². The second-order valence-electron chi connectivity index (χ2n) is 4.48. The maximum absolute atomic E-state index is 12.1. The van der Waals surface area contributed by atoms with Crippen LogP contribution in [0.3, 0.4) is 0 Å². The topological polar surface area (TPSA) is 108 Å². The second kappa shape index (κ2) is 6.77. The van der Waals surface area contributed by atoms with E-state index in [1.165, 1.54) is 23.5 Å². The van der Waals surface area contributed by atoms with Crippen LogP contribution in [0.5, 0.6) is 0 Å². The van der Waals surface area contributed by atoms with E-state index in [0.29, 0.717) is 5.82 Å². The van der Waals surface area contributed by atoms with Gasteiger partial charge in [-0.25, -0.2) is 4.79 Å². The summed E-state index contributed by atoms with van der Waals surface area (Å²) in [5.74, 6) is -0.443. The molecular formula is C14H8ClN3O5S. The number of carbonyl (C=O) groups is 1. The lowest BCUT2D eigenvalue weighted by molar-refractivity contribution is -0.385. The van der Waals surface area contributed by atoms with E-state index in [-0.39, 0.29) is 23.1 Å². The van der Waals surface area contributed by atoms with Crippen molar-refractivity contribution >= 4 is 34.6 Å². The summed E-state index contributed by atoms with van der Waals surface area (Å²) in [4.78, 5) is 27.2. The molecule has 0 aliphatic rings. The van der Waals surface area contributed by atoms with Crippen molar-refractivity contribution in [1.29, 1.82) is 0 Å². The number of ether oxygens (including phenoxy) is 1. The fourth-order valence-corrected chi connectivity index (χ4v) is 2.68. The van der Waals surface area contributed by atoms with Crippen LogP contribution in [0.4, 0.5) is 5.69 Å². The number of nitro groups is 1. The summed E-state index contributed by atoms with van der Waals surface area (Å²) in [5, 5.41) is 16.8. The molecular weight excluding hydrogens is 358 g/mol. The Morgan fingerprint density at radius 1 is 1.42 bits per heavy atom. The van der Waals surface area contributed by atoms with E-state index in [1.54, 1.807) is 0 Å². The van der Waals surface area contributed by atoms with E-state index < -0.39 is 16.6 Å². The molecule has 10 heteroatoms. The first kappa shape index (κ1) is 16.1. The van der Waals surface area contributed by atoms with Gasteiger partial charge in [-0.05, 0) is 23.6 Å². The first-order valence-corrected chi connectivity index (χ1v) is 7.78. The fraction of sp³-hybridized carbons (Fsp3) is 0.0714. The fourth-order valence-electron chi connectivity index (χ4n) is 1.86. The number of thiophene rings is 1. The van der Waals surface area contributed by atoms with Gasteiger partial charge < -0.3 is 9.26 Å². The Morgan fingerprint density at radius 2 is 2.25 bits per heavy atom. The minimum Gasteiger partial charge on any atom is -0.452 e. The molecule has 0 unspecified atom stereocenters. The molecule has 0 aliphatic carbocycles. The first-order chi connectivity index (χ1) is 11.5. The van der Waals surface area contributed by atoms with Crippen LogP contribution in [-0.4, -0.2) is 21.0 Å². The van der Waals surface area contributed by atoms with E-state index in [2.05, 4.69) is 10.1 Å². The lowest BCUT2D eigenvalue weighted by atomic mass is 10.2. The average molecular weight is 366 g/mol. The molecule has 2 aromatic heterocycles. The molecule has 0 radical (unpaired) electrons. The summed E-state index contributed by atoms with van der Waals surface area (Å²) >= 11 is 7.21. The maximum Gasteiger partial charge on any atom is 0.345 e. The minimum absolute atomic E-state index is 0.0800. The minimum atomic E-state index is -0.903. The van der Waals surface area contributed by atoms with E-state index in [0.717, 1.165) is 10.9 Å². The normalized spacial score (nSPS) is 10.5. The van der Waals surface area contributed by atoms with Gasteiger partial charge >= 0.3 is 5.97 Å². The van der Waals surface area contributed by atoms with Crippen LogP contribution in [0.25, 0.3) is 10.7 Å². The third-order valence-electron chi connectivity index (χ3n) is 2.91. The second-order valence-corrected chi connectivity index (χ2v) is 5.87. The van der Waals surface area contributed by atoms with Gasteiger partial charge in [-0.15, -0.1) is 11.3 Å². The van der Waals surface area contributed by atoms with Crippen molar-refractivity contribution in [3.63, 3.8) is 0 Å². The largest absolute Gasteiger partial charge is 0.452 e. The van der Waals surface area contributed by atoms with E-state index >= 15 is 0 Å². The predicted molar refractivity (Wildman–Crippen MR) is 84.8 cm³/mol. The van der Waals surface area contributed by atoms with Gasteiger partial charge in [0, 0.05) is 11.1 Å². The summed E-state index contributed by atoms with van der Waals surface area (Å²) < 4.78 is 9.98. The molecule has 0 saturated carbocycles. The zero-order chi connectivity index (χ0) is 17.1. The molecule has 1 aromatic carbocycles. The molecule has 3 rings (SSSR count). The van der Waals surface area contributed by atoms with Gasteiger partial charge in [0.1, 0.15) is 5.56 Å². The van der Waals surface area contributed by atoms with Crippen LogP contribution in [-0.2, 0) is 11.3 Å². The number of aromatic nitrogens is 2. The Labute approximate surface area is 143 Å². The number of hydrogen-bond donors (Lipinski definition) is 0. The summed E-state index contributed by atoms with van der Waals surface area (Å²) in [5.41, 5.74) is -0.639. The average Bonchev–Trinajstić information content (AvgIpc) is 3.23. The summed E-state index contributed by atoms with van der Waals surface area (Å²) in [6.45, 7) is -0.305. The van der Waals surface area contributed by atoms with Crippen LogP contribution < -0.4 is 0 Å². The van der Waals surface area contributed by atoms with Gasteiger partial charge in [0.25, 0.3) is 11.6 Å². The molecule has 2 heterocycles. The number of carbonyl (C=O) groups excluding carboxylic acids is 1.